The molecule has 0 aliphatic heterocycles. The molecule has 2 atom stereocenters. The molecule has 0 aliphatic rings. The fourth-order valence-corrected chi connectivity index (χ4v) is 4.75. The summed E-state index contributed by atoms with van der Waals surface area (Å²) in [6, 6.07) is 18.0. The van der Waals surface area contributed by atoms with Crippen molar-refractivity contribution in [3.05, 3.63) is 66.2 Å². The Morgan fingerprint density at radius 1 is 1.00 bits per heavy atom. The molecule has 4 nitrogen and oxygen atoms in total. The minimum absolute atomic E-state index is 0.236. The van der Waals surface area contributed by atoms with Gasteiger partial charge >= 0.3 is 0 Å². The van der Waals surface area contributed by atoms with Gasteiger partial charge < -0.3 is 9.42 Å². The molecule has 2 aromatic carbocycles. The van der Waals surface area contributed by atoms with Gasteiger partial charge in [0.25, 0.3) is 0 Å². The summed E-state index contributed by atoms with van der Waals surface area (Å²) in [5, 5.41) is 0.543. The van der Waals surface area contributed by atoms with Crippen LogP contribution in [0, 0.1) is 0 Å². The van der Waals surface area contributed by atoms with Crippen LogP contribution in [0.2, 0.25) is 0 Å². The van der Waals surface area contributed by atoms with E-state index in [0.717, 1.165) is 0 Å². The highest BCUT2D eigenvalue weighted by atomic mass is 31.2. The molecular formula is C17H20NO3P. The van der Waals surface area contributed by atoms with E-state index in [1.165, 1.54) is 12.0 Å². The first kappa shape index (κ1) is 16.5. The van der Waals surface area contributed by atoms with Crippen LogP contribution in [0.15, 0.2) is 60.7 Å². The van der Waals surface area contributed by atoms with E-state index in [2.05, 4.69) is 0 Å². The molecule has 0 aromatic heterocycles. The van der Waals surface area contributed by atoms with E-state index < -0.39 is 13.0 Å². The number of hydrogen-bond acceptors (Lipinski definition) is 3. The monoisotopic (exact) mass is 317 g/mol. The van der Waals surface area contributed by atoms with Crippen molar-refractivity contribution < 1.29 is 13.9 Å². The van der Waals surface area contributed by atoms with Crippen LogP contribution in [0.4, 0.5) is 0 Å². The summed E-state index contributed by atoms with van der Waals surface area (Å²) >= 11 is 0. The third kappa shape index (κ3) is 3.13. The van der Waals surface area contributed by atoms with Gasteiger partial charge in [0.15, 0.2) is 0 Å². The van der Waals surface area contributed by atoms with Crippen molar-refractivity contribution in [1.82, 2.24) is 4.90 Å². The third-order valence-electron chi connectivity index (χ3n) is 3.52. The van der Waals surface area contributed by atoms with Gasteiger partial charge in [-0.25, -0.2) is 0 Å². The topological polar surface area (TPSA) is 46.6 Å². The number of carbonyl (C=O) groups is 1. The van der Waals surface area contributed by atoms with Crippen molar-refractivity contribution in [2.75, 3.05) is 21.2 Å². The zero-order valence-corrected chi connectivity index (χ0v) is 13.9. The standard InChI is InChI=1S/C17H20NO3P/c1-18(2)17(19)16(14-10-6-4-7-11-14)22(20,21-3)15-12-8-5-9-13-15/h4-13,16H,1-3H3. The van der Waals surface area contributed by atoms with Crippen LogP contribution in [0.1, 0.15) is 11.2 Å². The van der Waals surface area contributed by atoms with E-state index in [1.807, 2.05) is 24.3 Å². The molecule has 22 heavy (non-hydrogen) atoms. The van der Waals surface area contributed by atoms with Crippen LogP contribution >= 0.6 is 7.37 Å². The van der Waals surface area contributed by atoms with E-state index in [4.69, 9.17) is 4.52 Å². The molecule has 0 radical (unpaired) electrons. The summed E-state index contributed by atoms with van der Waals surface area (Å²) in [5.74, 6) is -0.236. The lowest BCUT2D eigenvalue weighted by atomic mass is 10.1. The van der Waals surface area contributed by atoms with Crippen LogP contribution < -0.4 is 5.30 Å². The zero-order chi connectivity index (χ0) is 16.2. The zero-order valence-electron chi connectivity index (χ0n) is 13.0. The Hall–Kier alpha value is -1.90. The Morgan fingerprint density at radius 3 is 1.95 bits per heavy atom. The lowest BCUT2D eigenvalue weighted by Gasteiger charge is -2.28. The van der Waals surface area contributed by atoms with Gasteiger partial charge in [-0.2, -0.15) is 0 Å². The summed E-state index contributed by atoms with van der Waals surface area (Å²) in [7, 11) is 1.32. The fourth-order valence-electron chi connectivity index (χ4n) is 2.36. The van der Waals surface area contributed by atoms with E-state index in [0.29, 0.717) is 10.9 Å². The second-order valence-electron chi connectivity index (χ2n) is 5.16. The van der Waals surface area contributed by atoms with Crippen molar-refractivity contribution in [3.8, 4) is 0 Å². The fraction of sp³-hybridized carbons (Fsp3) is 0.235. The van der Waals surface area contributed by atoms with E-state index in [9.17, 15) is 9.36 Å². The number of amides is 1. The minimum Gasteiger partial charge on any atom is -0.348 e. The summed E-state index contributed by atoms with van der Waals surface area (Å²) in [5.41, 5.74) is -0.161. The minimum atomic E-state index is -3.39. The molecule has 0 bridgehead atoms. The van der Waals surface area contributed by atoms with Gasteiger partial charge in [0.2, 0.25) is 13.3 Å². The van der Waals surface area contributed by atoms with Crippen molar-refractivity contribution in [1.29, 1.82) is 0 Å². The van der Waals surface area contributed by atoms with E-state index >= 15 is 0 Å². The highest BCUT2D eigenvalue weighted by molar-refractivity contribution is 7.68. The molecule has 0 spiro atoms. The van der Waals surface area contributed by atoms with Crippen LogP contribution in [-0.4, -0.2) is 32.0 Å². The smallest absolute Gasteiger partial charge is 0.248 e. The molecular weight excluding hydrogens is 297 g/mol. The third-order valence-corrected chi connectivity index (χ3v) is 6.28. The molecule has 2 aromatic rings. The summed E-state index contributed by atoms with van der Waals surface area (Å²) < 4.78 is 19.0. The predicted molar refractivity (Wildman–Crippen MR) is 88.6 cm³/mol. The quantitative estimate of drug-likeness (QED) is 0.796. The van der Waals surface area contributed by atoms with Crippen molar-refractivity contribution in [2.24, 2.45) is 0 Å². The first-order chi connectivity index (χ1) is 10.5. The molecule has 5 heteroatoms. The first-order valence-electron chi connectivity index (χ1n) is 6.98. The summed E-state index contributed by atoms with van der Waals surface area (Å²) in [6.07, 6.45) is 0. The van der Waals surface area contributed by atoms with Crippen molar-refractivity contribution >= 4 is 18.6 Å². The molecule has 116 valence electrons. The maximum absolute atomic E-state index is 13.6. The molecule has 0 N–H and O–H groups in total. The number of nitrogens with zero attached hydrogens (tertiary/aromatic N) is 1. The molecule has 2 rings (SSSR count). The van der Waals surface area contributed by atoms with Gasteiger partial charge in [0, 0.05) is 26.5 Å². The van der Waals surface area contributed by atoms with Crippen LogP contribution in [0.3, 0.4) is 0 Å². The number of likely N-dealkylation sites (N-methyl/N-ethyl adjacent to an activating group) is 1. The summed E-state index contributed by atoms with van der Waals surface area (Å²) in [6.45, 7) is 0. The number of carbonyl (C=O) groups excluding carboxylic acids is 1. The lowest BCUT2D eigenvalue weighted by molar-refractivity contribution is -0.128. The molecule has 1 amide bonds. The Kier molecular flexibility index (Phi) is 5.17. The van der Waals surface area contributed by atoms with Crippen LogP contribution in [-0.2, 0) is 13.9 Å². The van der Waals surface area contributed by atoms with Crippen molar-refractivity contribution in [3.63, 3.8) is 0 Å². The largest absolute Gasteiger partial charge is 0.348 e. The molecule has 0 aliphatic carbocycles. The molecule has 0 fully saturated rings. The Morgan fingerprint density at radius 2 is 1.50 bits per heavy atom. The SMILES string of the molecule is COP(=O)(c1ccccc1)C(C(=O)N(C)C)c1ccccc1. The molecule has 0 saturated heterocycles. The van der Waals surface area contributed by atoms with Gasteiger partial charge in [0.1, 0.15) is 5.66 Å². The highest BCUT2D eigenvalue weighted by Gasteiger charge is 2.42. The Balaban J connectivity index is 2.61. The average Bonchev–Trinajstić information content (AvgIpc) is 2.56. The molecule has 0 heterocycles. The van der Waals surface area contributed by atoms with Gasteiger partial charge in [-0.1, -0.05) is 48.5 Å². The molecule has 2 unspecified atom stereocenters. The Labute approximate surface area is 131 Å². The molecule has 0 saturated carbocycles. The number of hydrogen-bond donors (Lipinski definition) is 0. The van der Waals surface area contributed by atoms with E-state index in [-0.39, 0.29) is 5.91 Å². The van der Waals surface area contributed by atoms with Gasteiger partial charge in [-0.05, 0) is 17.7 Å². The average molecular weight is 317 g/mol. The first-order valence-corrected chi connectivity index (χ1v) is 8.67. The normalized spacial score (nSPS) is 14.9. The van der Waals surface area contributed by atoms with E-state index in [1.54, 1.807) is 50.5 Å². The highest BCUT2D eigenvalue weighted by Crippen LogP contribution is 2.59. The van der Waals surface area contributed by atoms with Gasteiger partial charge in [0.05, 0.1) is 0 Å². The number of benzene rings is 2. The second-order valence-corrected chi connectivity index (χ2v) is 7.75. The predicted octanol–water partition coefficient (Wildman–Crippen LogP) is 3.07. The lowest BCUT2D eigenvalue weighted by Crippen LogP contribution is -2.31. The van der Waals surface area contributed by atoms with Gasteiger partial charge in [-0.15, -0.1) is 0 Å². The van der Waals surface area contributed by atoms with Gasteiger partial charge in [-0.3, -0.25) is 9.36 Å². The number of rotatable bonds is 5. The maximum Gasteiger partial charge on any atom is 0.248 e. The Bertz CT molecular complexity index is 671. The second kappa shape index (κ2) is 6.91. The maximum atomic E-state index is 13.6. The van der Waals surface area contributed by atoms with Crippen LogP contribution in [0.25, 0.3) is 0 Å². The van der Waals surface area contributed by atoms with Crippen LogP contribution in [0.5, 0.6) is 0 Å². The summed E-state index contributed by atoms with van der Waals surface area (Å²) in [4.78, 5) is 14.1. The van der Waals surface area contributed by atoms with Crippen molar-refractivity contribution in [2.45, 2.75) is 5.66 Å².